The molecule has 0 radical (unpaired) electrons. The molecule has 2 rings (SSSR count). The molecular weight excluding hydrogens is 254 g/mol. The van der Waals surface area contributed by atoms with Gasteiger partial charge in [0, 0.05) is 28.2 Å². The van der Waals surface area contributed by atoms with Crippen LogP contribution in [-0.4, -0.2) is 23.1 Å². The summed E-state index contributed by atoms with van der Waals surface area (Å²) in [6.07, 6.45) is 1.41. The van der Waals surface area contributed by atoms with E-state index >= 15 is 0 Å². The number of H-pyrrole nitrogens is 1. The molecule has 0 bridgehead atoms. The fourth-order valence-electron chi connectivity index (χ4n) is 1.89. The smallest absolute Gasteiger partial charge is 0.293 e. The highest BCUT2D eigenvalue weighted by atomic mass is 35.5. The highest BCUT2D eigenvalue weighted by Gasteiger charge is 2.13. The number of Topliss-reactive ketones (excluding diaryl/α,β-unsaturated/α-hetero) is 1. The quantitative estimate of drug-likeness (QED) is 0.514. The van der Waals surface area contributed by atoms with Gasteiger partial charge in [-0.15, -0.1) is 11.6 Å². The van der Waals surface area contributed by atoms with E-state index < -0.39 is 0 Å². The second-order valence-electron chi connectivity index (χ2n) is 3.94. The molecule has 0 aliphatic carbocycles. The minimum absolute atomic E-state index is 0.0499. The van der Waals surface area contributed by atoms with Gasteiger partial charge < -0.3 is 9.72 Å². The Morgan fingerprint density at radius 2 is 2.33 bits per heavy atom. The van der Waals surface area contributed by atoms with E-state index in [2.05, 4.69) is 4.98 Å². The molecular formula is C13H12ClNO3. The standard InChI is InChI=1S/C13H12ClNO3/c1-8(18-7-16)11-6-15-12-3-2-9(4-10(11)12)13(17)5-14/h2-4,6-8,15H,5H2,1H3. The molecule has 1 aromatic heterocycles. The van der Waals surface area contributed by atoms with Gasteiger partial charge in [-0.25, -0.2) is 0 Å². The minimum Gasteiger partial charge on any atom is -0.460 e. The molecule has 0 aliphatic heterocycles. The van der Waals surface area contributed by atoms with Gasteiger partial charge in [0.25, 0.3) is 6.47 Å². The first kappa shape index (κ1) is 12.6. The van der Waals surface area contributed by atoms with Gasteiger partial charge in [-0.05, 0) is 25.1 Å². The van der Waals surface area contributed by atoms with Crippen LogP contribution in [0, 0.1) is 0 Å². The minimum atomic E-state index is -0.363. The van der Waals surface area contributed by atoms with Crippen molar-refractivity contribution in [3.05, 3.63) is 35.5 Å². The maximum atomic E-state index is 11.6. The molecule has 1 N–H and O–H groups in total. The number of halogens is 1. The summed E-state index contributed by atoms with van der Waals surface area (Å²) in [5.74, 6) is -0.180. The van der Waals surface area contributed by atoms with Crippen LogP contribution in [0.25, 0.3) is 10.9 Å². The van der Waals surface area contributed by atoms with Crippen molar-refractivity contribution in [3.8, 4) is 0 Å². The molecule has 0 aliphatic rings. The lowest BCUT2D eigenvalue weighted by molar-refractivity contribution is -0.133. The summed E-state index contributed by atoms with van der Waals surface area (Å²) in [6, 6.07) is 5.29. The Bertz CT molecular complexity index is 591. The van der Waals surface area contributed by atoms with E-state index in [0.29, 0.717) is 12.0 Å². The average Bonchev–Trinajstić information content (AvgIpc) is 2.80. The summed E-state index contributed by atoms with van der Waals surface area (Å²) in [4.78, 5) is 25.0. The largest absolute Gasteiger partial charge is 0.460 e. The summed E-state index contributed by atoms with van der Waals surface area (Å²) in [6.45, 7) is 2.18. The van der Waals surface area contributed by atoms with Gasteiger partial charge in [0.05, 0.1) is 5.88 Å². The fraction of sp³-hybridized carbons (Fsp3) is 0.231. The summed E-state index contributed by atoms with van der Waals surface area (Å²) >= 11 is 5.54. The number of fused-ring (bicyclic) bond motifs is 1. The Balaban J connectivity index is 2.49. The van der Waals surface area contributed by atoms with Crippen LogP contribution in [-0.2, 0) is 9.53 Å². The number of nitrogens with one attached hydrogen (secondary N) is 1. The number of rotatable bonds is 5. The van der Waals surface area contributed by atoms with Gasteiger partial charge in [-0.3, -0.25) is 9.59 Å². The molecule has 0 fully saturated rings. The van der Waals surface area contributed by atoms with Crippen LogP contribution >= 0.6 is 11.6 Å². The molecule has 1 atom stereocenters. The number of benzene rings is 1. The SMILES string of the molecule is CC(OC=O)c1c[nH]c2ccc(C(=O)CCl)cc12. The second kappa shape index (κ2) is 5.23. The maximum absolute atomic E-state index is 11.6. The topological polar surface area (TPSA) is 59.2 Å². The second-order valence-corrected chi connectivity index (χ2v) is 4.20. The van der Waals surface area contributed by atoms with Crippen molar-refractivity contribution in [3.63, 3.8) is 0 Å². The van der Waals surface area contributed by atoms with Gasteiger partial charge in [0.2, 0.25) is 0 Å². The number of hydrogen-bond donors (Lipinski definition) is 1. The molecule has 94 valence electrons. The van der Waals surface area contributed by atoms with E-state index in [0.717, 1.165) is 16.5 Å². The lowest BCUT2D eigenvalue weighted by Gasteiger charge is -2.08. The first-order valence-electron chi connectivity index (χ1n) is 5.46. The molecule has 1 aromatic carbocycles. The molecule has 0 saturated heterocycles. The number of carbonyl (C=O) groups excluding carboxylic acids is 2. The van der Waals surface area contributed by atoms with Crippen molar-refractivity contribution >= 4 is 34.8 Å². The van der Waals surface area contributed by atoms with Gasteiger partial charge in [0.1, 0.15) is 6.10 Å². The lowest BCUT2D eigenvalue weighted by atomic mass is 10.0. The van der Waals surface area contributed by atoms with E-state index in [1.165, 1.54) is 0 Å². The zero-order chi connectivity index (χ0) is 13.1. The van der Waals surface area contributed by atoms with Crippen molar-refractivity contribution in [2.45, 2.75) is 13.0 Å². The van der Waals surface area contributed by atoms with Crippen LogP contribution < -0.4 is 0 Å². The number of carbonyl (C=O) groups is 2. The Morgan fingerprint density at radius 3 is 3.00 bits per heavy atom. The zero-order valence-corrected chi connectivity index (χ0v) is 10.5. The van der Waals surface area contributed by atoms with Crippen LogP contribution in [0.4, 0.5) is 0 Å². The number of ketones is 1. The highest BCUT2D eigenvalue weighted by Crippen LogP contribution is 2.27. The number of alkyl halides is 1. The van der Waals surface area contributed by atoms with E-state index in [9.17, 15) is 9.59 Å². The van der Waals surface area contributed by atoms with Crippen molar-refractivity contribution < 1.29 is 14.3 Å². The molecule has 0 spiro atoms. The zero-order valence-electron chi connectivity index (χ0n) is 9.77. The first-order chi connectivity index (χ1) is 8.67. The maximum Gasteiger partial charge on any atom is 0.293 e. The summed E-state index contributed by atoms with van der Waals surface area (Å²) in [5, 5.41) is 0.861. The van der Waals surface area contributed by atoms with Crippen LogP contribution in [0.5, 0.6) is 0 Å². The number of ether oxygens (including phenoxy) is 1. The Labute approximate surface area is 109 Å². The summed E-state index contributed by atoms with van der Waals surface area (Å²) in [5.41, 5.74) is 2.27. The van der Waals surface area contributed by atoms with E-state index in [1.807, 2.05) is 6.07 Å². The molecule has 2 aromatic rings. The molecule has 1 unspecified atom stereocenters. The van der Waals surface area contributed by atoms with Crippen molar-refractivity contribution in [2.24, 2.45) is 0 Å². The van der Waals surface area contributed by atoms with E-state index in [-0.39, 0.29) is 17.8 Å². The van der Waals surface area contributed by atoms with Crippen LogP contribution in [0.3, 0.4) is 0 Å². The third-order valence-corrected chi connectivity index (χ3v) is 3.10. The van der Waals surface area contributed by atoms with E-state index in [1.54, 1.807) is 25.3 Å². The van der Waals surface area contributed by atoms with Crippen molar-refractivity contribution in [1.29, 1.82) is 0 Å². The molecule has 1 heterocycles. The molecule has 18 heavy (non-hydrogen) atoms. The van der Waals surface area contributed by atoms with E-state index in [4.69, 9.17) is 16.3 Å². The van der Waals surface area contributed by atoms with Crippen LogP contribution in [0.15, 0.2) is 24.4 Å². The normalized spacial score (nSPS) is 12.3. The number of aromatic amines is 1. The Hall–Kier alpha value is -1.81. The average molecular weight is 266 g/mol. The van der Waals surface area contributed by atoms with Gasteiger partial charge in [0.15, 0.2) is 5.78 Å². The predicted molar refractivity (Wildman–Crippen MR) is 68.9 cm³/mol. The Morgan fingerprint density at radius 1 is 1.56 bits per heavy atom. The Kier molecular flexibility index (Phi) is 3.67. The van der Waals surface area contributed by atoms with Gasteiger partial charge in [-0.2, -0.15) is 0 Å². The predicted octanol–water partition coefficient (Wildman–Crippen LogP) is 2.82. The third-order valence-electron chi connectivity index (χ3n) is 2.85. The monoisotopic (exact) mass is 265 g/mol. The number of hydrogen-bond acceptors (Lipinski definition) is 3. The summed E-state index contributed by atoms with van der Waals surface area (Å²) < 4.78 is 4.91. The van der Waals surface area contributed by atoms with Gasteiger partial charge >= 0.3 is 0 Å². The van der Waals surface area contributed by atoms with Crippen LogP contribution in [0.1, 0.15) is 28.9 Å². The van der Waals surface area contributed by atoms with Crippen LogP contribution in [0.2, 0.25) is 0 Å². The summed E-state index contributed by atoms with van der Waals surface area (Å²) in [7, 11) is 0. The molecule has 0 amide bonds. The van der Waals surface area contributed by atoms with Gasteiger partial charge in [-0.1, -0.05) is 0 Å². The van der Waals surface area contributed by atoms with Crippen molar-refractivity contribution in [2.75, 3.05) is 5.88 Å². The highest BCUT2D eigenvalue weighted by molar-refractivity contribution is 6.30. The fourth-order valence-corrected chi connectivity index (χ4v) is 2.04. The lowest BCUT2D eigenvalue weighted by Crippen LogP contribution is -2.00. The van der Waals surface area contributed by atoms with Crippen molar-refractivity contribution in [1.82, 2.24) is 4.98 Å². The molecule has 5 heteroatoms. The number of aromatic nitrogens is 1. The third kappa shape index (κ3) is 2.24. The molecule has 0 saturated carbocycles. The first-order valence-corrected chi connectivity index (χ1v) is 6.00. The molecule has 4 nitrogen and oxygen atoms in total.